The second-order valence-corrected chi connectivity index (χ2v) is 9.93. The summed E-state index contributed by atoms with van der Waals surface area (Å²) in [7, 11) is -3.13. The van der Waals surface area contributed by atoms with Crippen molar-refractivity contribution >= 4 is 32.4 Å². The van der Waals surface area contributed by atoms with Crippen molar-refractivity contribution in [3.63, 3.8) is 0 Å². The Bertz CT molecular complexity index is 899. The molecule has 1 aliphatic rings. The summed E-state index contributed by atoms with van der Waals surface area (Å²) in [5.74, 6) is 0.306. The molecule has 0 unspecified atom stereocenters. The Morgan fingerprint density at radius 3 is 2.52 bits per heavy atom. The van der Waals surface area contributed by atoms with Gasteiger partial charge in [0.25, 0.3) is 5.91 Å². The number of amides is 1. The second-order valence-electron chi connectivity index (χ2n) is 7.09. The molecule has 7 nitrogen and oxygen atoms in total. The van der Waals surface area contributed by atoms with Gasteiger partial charge >= 0.3 is 0 Å². The number of hydrogen-bond acceptors (Lipinski definition) is 6. The average Bonchev–Trinajstić information content (AvgIpc) is 3.10. The maximum atomic E-state index is 12.4. The van der Waals surface area contributed by atoms with Gasteiger partial charge in [-0.15, -0.1) is 11.3 Å². The predicted molar refractivity (Wildman–Crippen MR) is 107 cm³/mol. The van der Waals surface area contributed by atoms with E-state index in [-0.39, 0.29) is 11.8 Å². The van der Waals surface area contributed by atoms with Crippen LogP contribution in [0, 0.1) is 0 Å². The molecule has 3 heterocycles. The van der Waals surface area contributed by atoms with E-state index in [1.54, 1.807) is 12.3 Å². The van der Waals surface area contributed by atoms with E-state index in [0.29, 0.717) is 29.7 Å². The van der Waals surface area contributed by atoms with Gasteiger partial charge in [0.05, 0.1) is 17.5 Å². The van der Waals surface area contributed by atoms with Crippen molar-refractivity contribution in [1.29, 1.82) is 0 Å². The number of pyridine rings is 1. The van der Waals surface area contributed by atoms with Crippen LogP contribution in [0.4, 0.5) is 5.13 Å². The summed E-state index contributed by atoms with van der Waals surface area (Å²) in [4.78, 5) is 21.2. The quantitative estimate of drug-likeness (QED) is 0.821. The molecule has 1 saturated heterocycles. The largest absolute Gasteiger partial charge is 0.298 e. The molecule has 2 aromatic rings. The lowest BCUT2D eigenvalue weighted by molar-refractivity contribution is 0.102. The third kappa shape index (κ3) is 4.91. The van der Waals surface area contributed by atoms with Crippen LogP contribution in [0.2, 0.25) is 0 Å². The van der Waals surface area contributed by atoms with E-state index in [0.717, 1.165) is 24.2 Å². The number of carbonyl (C=O) groups excluding carboxylic acids is 1. The van der Waals surface area contributed by atoms with Gasteiger partial charge in [-0.2, -0.15) is 0 Å². The van der Waals surface area contributed by atoms with E-state index < -0.39 is 10.0 Å². The summed E-state index contributed by atoms with van der Waals surface area (Å²) in [6.45, 7) is 5.14. The third-order valence-corrected chi connectivity index (χ3v) is 6.80. The van der Waals surface area contributed by atoms with Crippen molar-refractivity contribution < 1.29 is 13.2 Å². The Morgan fingerprint density at radius 2 is 2.00 bits per heavy atom. The number of aromatic nitrogens is 2. The Morgan fingerprint density at radius 1 is 1.30 bits per heavy atom. The number of carbonyl (C=O) groups is 1. The van der Waals surface area contributed by atoms with Crippen LogP contribution in [-0.4, -0.2) is 47.9 Å². The van der Waals surface area contributed by atoms with E-state index in [4.69, 9.17) is 0 Å². The Labute approximate surface area is 163 Å². The van der Waals surface area contributed by atoms with Crippen molar-refractivity contribution in [1.82, 2.24) is 14.3 Å². The highest BCUT2D eigenvalue weighted by atomic mass is 32.2. The van der Waals surface area contributed by atoms with E-state index in [9.17, 15) is 13.2 Å². The molecule has 9 heteroatoms. The lowest BCUT2D eigenvalue weighted by Gasteiger charge is -2.29. The van der Waals surface area contributed by atoms with Crippen molar-refractivity contribution in [3.8, 4) is 0 Å². The van der Waals surface area contributed by atoms with Gasteiger partial charge in [-0.25, -0.2) is 17.7 Å². The fraction of sp³-hybridized carbons (Fsp3) is 0.500. The number of rotatable bonds is 5. The smallest absolute Gasteiger partial charge is 0.259 e. The fourth-order valence-electron chi connectivity index (χ4n) is 3.04. The van der Waals surface area contributed by atoms with Crippen LogP contribution in [0.1, 0.15) is 60.3 Å². The first-order chi connectivity index (χ1) is 12.7. The van der Waals surface area contributed by atoms with Gasteiger partial charge in [-0.3, -0.25) is 15.1 Å². The molecule has 1 amide bonds. The van der Waals surface area contributed by atoms with Crippen LogP contribution in [0.15, 0.2) is 23.7 Å². The first kappa shape index (κ1) is 19.9. The van der Waals surface area contributed by atoms with Gasteiger partial charge in [0.2, 0.25) is 10.0 Å². The highest BCUT2D eigenvalue weighted by Gasteiger charge is 2.26. The predicted octanol–water partition coefficient (Wildman–Crippen LogP) is 3.05. The zero-order valence-corrected chi connectivity index (χ0v) is 17.3. The van der Waals surface area contributed by atoms with E-state index in [2.05, 4.69) is 29.1 Å². The summed E-state index contributed by atoms with van der Waals surface area (Å²) < 4.78 is 24.7. The number of nitrogens with zero attached hydrogens (tertiary/aromatic N) is 3. The topological polar surface area (TPSA) is 92.3 Å². The van der Waals surface area contributed by atoms with Crippen LogP contribution < -0.4 is 5.32 Å². The molecule has 0 spiro atoms. The molecule has 0 saturated carbocycles. The molecule has 1 aliphatic heterocycles. The Kier molecular flexibility index (Phi) is 5.92. The molecule has 0 atom stereocenters. The molecule has 3 rings (SSSR count). The molecule has 27 heavy (non-hydrogen) atoms. The lowest BCUT2D eigenvalue weighted by Crippen LogP contribution is -2.37. The highest BCUT2D eigenvalue weighted by molar-refractivity contribution is 7.88. The molecular weight excluding hydrogens is 384 g/mol. The fourth-order valence-corrected chi connectivity index (χ4v) is 4.78. The molecule has 0 aromatic carbocycles. The zero-order valence-electron chi connectivity index (χ0n) is 15.7. The number of piperidine rings is 1. The molecule has 2 aromatic heterocycles. The van der Waals surface area contributed by atoms with Gasteiger partial charge < -0.3 is 0 Å². The molecule has 0 bridgehead atoms. The van der Waals surface area contributed by atoms with E-state index >= 15 is 0 Å². The number of hydrogen-bond donors (Lipinski definition) is 1. The molecule has 1 fully saturated rings. The first-order valence-electron chi connectivity index (χ1n) is 8.92. The van der Waals surface area contributed by atoms with Crippen LogP contribution >= 0.6 is 11.3 Å². The summed E-state index contributed by atoms with van der Waals surface area (Å²) in [5.41, 5.74) is 2.34. The molecule has 146 valence electrons. The van der Waals surface area contributed by atoms with Crippen molar-refractivity contribution in [2.75, 3.05) is 24.7 Å². The third-order valence-electron chi connectivity index (χ3n) is 4.72. The minimum absolute atomic E-state index is 0.215. The van der Waals surface area contributed by atoms with Gasteiger partial charge in [0.15, 0.2) is 5.13 Å². The van der Waals surface area contributed by atoms with Gasteiger partial charge in [0.1, 0.15) is 0 Å². The van der Waals surface area contributed by atoms with Crippen LogP contribution in [0.5, 0.6) is 0 Å². The maximum absolute atomic E-state index is 12.4. The van der Waals surface area contributed by atoms with Crippen molar-refractivity contribution in [3.05, 3.63) is 40.7 Å². The summed E-state index contributed by atoms with van der Waals surface area (Å²) in [6.07, 6.45) is 4.29. The standard InChI is InChI=1S/C18H24N4O3S2/c1-12(2)16-11-26-18(20-16)21-17(23)14-4-5-15(19-10-14)13-6-8-22(9-7-13)27(3,24)25/h4-5,10-13H,6-9H2,1-3H3,(H,20,21,23). The van der Waals surface area contributed by atoms with E-state index in [1.165, 1.54) is 21.9 Å². The first-order valence-corrected chi connectivity index (χ1v) is 11.6. The van der Waals surface area contributed by atoms with Crippen molar-refractivity contribution in [2.24, 2.45) is 0 Å². The Balaban J connectivity index is 1.60. The summed E-state index contributed by atoms with van der Waals surface area (Å²) in [5, 5.41) is 5.34. The van der Waals surface area contributed by atoms with Gasteiger partial charge in [-0.1, -0.05) is 13.8 Å². The van der Waals surface area contributed by atoms with Crippen LogP contribution in [-0.2, 0) is 10.0 Å². The Hall–Kier alpha value is -1.84. The van der Waals surface area contributed by atoms with Gasteiger partial charge in [-0.05, 0) is 30.9 Å². The van der Waals surface area contributed by atoms with E-state index in [1.807, 2.05) is 11.4 Å². The molecule has 1 N–H and O–H groups in total. The van der Waals surface area contributed by atoms with Crippen LogP contribution in [0.3, 0.4) is 0 Å². The summed E-state index contributed by atoms with van der Waals surface area (Å²) >= 11 is 1.41. The number of anilines is 1. The summed E-state index contributed by atoms with van der Waals surface area (Å²) in [6, 6.07) is 3.62. The minimum atomic E-state index is -3.13. The maximum Gasteiger partial charge on any atom is 0.259 e. The number of sulfonamides is 1. The number of thiazole rings is 1. The lowest BCUT2D eigenvalue weighted by atomic mass is 9.94. The molecule has 0 aliphatic carbocycles. The minimum Gasteiger partial charge on any atom is -0.298 e. The second kappa shape index (κ2) is 8.04. The normalized spacial score (nSPS) is 16.6. The zero-order chi connectivity index (χ0) is 19.6. The average molecular weight is 409 g/mol. The highest BCUT2D eigenvalue weighted by Crippen LogP contribution is 2.28. The monoisotopic (exact) mass is 408 g/mol. The SMILES string of the molecule is CC(C)c1csc(NC(=O)c2ccc(C3CCN(S(C)(=O)=O)CC3)nc2)n1. The van der Waals surface area contributed by atoms with Crippen molar-refractivity contribution in [2.45, 2.75) is 38.5 Å². The molecular formula is C18H24N4O3S2. The van der Waals surface area contributed by atoms with Gasteiger partial charge in [0, 0.05) is 36.3 Å². The number of nitrogens with one attached hydrogen (secondary N) is 1. The van der Waals surface area contributed by atoms with Crippen LogP contribution in [0.25, 0.3) is 0 Å². The molecule has 0 radical (unpaired) electrons.